The van der Waals surface area contributed by atoms with Gasteiger partial charge in [-0.25, -0.2) is 0 Å². The molecular formula is C28H32N4O6. The number of imide groups is 1. The molecule has 4 amide bonds. The molecule has 0 saturated carbocycles. The molecule has 0 spiro atoms. The van der Waals surface area contributed by atoms with Crippen molar-refractivity contribution in [3.8, 4) is 0 Å². The molecule has 4 aliphatic rings. The number of nitrogens with zero attached hydrogens (tertiary/aromatic N) is 4. The zero-order valence-electron chi connectivity index (χ0n) is 21.3. The Morgan fingerprint density at radius 3 is 2.45 bits per heavy atom. The Bertz CT molecular complexity index is 1230. The highest BCUT2D eigenvalue weighted by Crippen LogP contribution is 2.35. The second-order valence-electron chi connectivity index (χ2n) is 10.4. The number of piperazine rings is 1. The minimum Gasteiger partial charge on any atom is -0.459 e. The van der Waals surface area contributed by atoms with Crippen LogP contribution in [0.25, 0.3) is 0 Å². The molecule has 0 aliphatic carbocycles. The summed E-state index contributed by atoms with van der Waals surface area (Å²) in [7, 11) is 0. The molecule has 0 unspecified atom stereocenters. The number of fused-ring (bicyclic) bond motifs is 1. The van der Waals surface area contributed by atoms with E-state index in [2.05, 4.69) is 4.90 Å². The molecule has 0 N–H and O–H groups in total. The molecule has 1 aromatic carbocycles. The third kappa shape index (κ3) is 4.47. The monoisotopic (exact) mass is 520 g/mol. The van der Waals surface area contributed by atoms with Crippen LogP contribution in [0, 0.1) is 5.92 Å². The lowest BCUT2D eigenvalue weighted by molar-refractivity contribution is -0.137. The van der Waals surface area contributed by atoms with E-state index in [4.69, 9.17) is 9.15 Å². The molecule has 38 heavy (non-hydrogen) atoms. The molecule has 10 heteroatoms. The van der Waals surface area contributed by atoms with Crippen molar-refractivity contribution in [3.05, 3.63) is 53.5 Å². The van der Waals surface area contributed by atoms with Crippen LogP contribution in [-0.4, -0.2) is 96.9 Å². The largest absolute Gasteiger partial charge is 0.459 e. The molecule has 5 heterocycles. The number of furan rings is 1. The van der Waals surface area contributed by atoms with Gasteiger partial charge >= 0.3 is 0 Å². The summed E-state index contributed by atoms with van der Waals surface area (Å²) in [5.74, 6) is -0.519. The van der Waals surface area contributed by atoms with Gasteiger partial charge in [-0.15, -0.1) is 0 Å². The third-order valence-corrected chi connectivity index (χ3v) is 8.11. The van der Waals surface area contributed by atoms with Gasteiger partial charge in [-0.3, -0.25) is 24.1 Å². The third-order valence-electron chi connectivity index (χ3n) is 8.11. The van der Waals surface area contributed by atoms with Gasteiger partial charge in [0.25, 0.3) is 17.7 Å². The van der Waals surface area contributed by atoms with E-state index >= 15 is 0 Å². The number of piperidine rings is 1. The molecule has 200 valence electrons. The Kier molecular flexibility index (Phi) is 6.65. The van der Waals surface area contributed by atoms with Crippen molar-refractivity contribution in [1.29, 1.82) is 0 Å². The topological polar surface area (TPSA) is 104 Å². The fourth-order valence-electron chi connectivity index (χ4n) is 6.08. The summed E-state index contributed by atoms with van der Waals surface area (Å²) < 4.78 is 10.9. The van der Waals surface area contributed by atoms with Crippen molar-refractivity contribution < 1.29 is 28.3 Å². The van der Waals surface area contributed by atoms with E-state index in [0.29, 0.717) is 56.2 Å². The van der Waals surface area contributed by atoms with Crippen LogP contribution in [0.15, 0.2) is 41.0 Å². The molecule has 4 aliphatic heterocycles. The summed E-state index contributed by atoms with van der Waals surface area (Å²) in [5.41, 5.74) is 1.59. The number of amides is 4. The predicted molar refractivity (Wildman–Crippen MR) is 137 cm³/mol. The number of carbonyl (C=O) groups is 4. The molecule has 2 atom stereocenters. The predicted octanol–water partition coefficient (Wildman–Crippen LogP) is 2.26. The fraction of sp³-hybridized carbons (Fsp3) is 0.500. The van der Waals surface area contributed by atoms with E-state index < -0.39 is 0 Å². The quantitative estimate of drug-likeness (QED) is 0.557. The minimum absolute atomic E-state index is 0.0785. The van der Waals surface area contributed by atoms with Crippen molar-refractivity contribution in [2.45, 2.75) is 31.8 Å². The molecule has 1 aromatic heterocycles. The Balaban J connectivity index is 1.12. The van der Waals surface area contributed by atoms with Crippen LogP contribution in [0.2, 0.25) is 0 Å². The zero-order chi connectivity index (χ0) is 26.2. The summed E-state index contributed by atoms with van der Waals surface area (Å²) in [5, 5.41) is 0. The van der Waals surface area contributed by atoms with Crippen LogP contribution in [0.1, 0.15) is 57.0 Å². The van der Waals surface area contributed by atoms with Crippen LogP contribution < -0.4 is 4.90 Å². The Morgan fingerprint density at radius 1 is 0.895 bits per heavy atom. The highest BCUT2D eigenvalue weighted by molar-refractivity contribution is 6.23. The molecule has 3 saturated heterocycles. The Labute approximate surface area is 221 Å². The van der Waals surface area contributed by atoms with Gasteiger partial charge in [0.15, 0.2) is 5.76 Å². The zero-order valence-corrected chi connectivity index (χ0v) is 21.3. The molecular weight excluding hydrogens is 488 g/mol. The maximum Gasteiger partial charge on any atom is 0.289 e. The summed E-state index contributed by atoms with van der Waals surface area (Å²) in [6.45, 7) is 4.04. The molecule has 0 radical (unpaired) electrons. The maximum absolute atomic E-state index is 13.5. The van der Waals surface area contributed by atoms with Crippen molar-refractivity contribution in [3.63, 3.8) is 0 Å². The Morgan fingerprint density at radius 2 is 1.71 bits per heavy atom. The minimum atomic E-state index is -0.276. The molecule has 10 nitrogen and oxygen atoms in total. The van der Waals surface area contributed by atoms with Gasteiger partial charge in [-0.05, 0) is 49.9 Å². The molecule has 0 bridgehead atoms. The van der Waals surface area contributed by atoms with Gasteiger partial charge in [0, 0.05) is 45.9 Å². The highest BCUT2D eigenvalue weighted by Gasteiger charge is 2.41. The maximum atomic E-state index is 13.5. The van der Waals surface area contributed by atoms with Crippen LogP contribution in [0.3, 0.4) is 0 Å². The van der Waals surface area contributed by atoms with Crippen molar-refractivity contribution in [2.24, 2.45) is 5.92 Å². The van der Waals surface area contributed by atoms with Crippen molar-refractivity contribution >= 4 is 29.3 Å². The summed E-state index contributed by atoms with van der Waals surface area (Å²) in [6, 6.07) is 8.75. The lowest BCUT2D eigenvalue weighted by Gasteiger charge is -2.39. The number of hydrogen-bond acceptors (Lipinski definition) is 7. The number of ether oxygens (including phenoxy) is 1. The van der Waals surface area contributed by atoms with Gasteiger partial charge in [0.2, 0.25) is 5.91 Å². The van der Waals surface area contributed by atoms with E-state index in [-0.39, 0.29) is 42.2 Å². The molecule has 2 aromatic rings. The first-order chi connectivity index (χ1) is 18.5. The normalized spacial score (nSPS) is 23.8. The fourth-order valence-corrected chi connectivity index (χ4v) is 6.08. The van der Waals surface area contributed by atoms with E-state index in [1.807, 2.05) is 17.0 Å². The van der Waals surface area contributed by atoms with Crippen LogP contribution in [0.4, 0.5) is 5.69 Å². The Hall–Kier alpha value is -3.66. The SMILES string of the molecule is O=C(c1ccco1)N1CCN(C(=O)[C@@H]2CCCN(c3cccc4c3C(=O)N(C[C@@H]3CCCO3)C4=O)C2)CC1. The van der Waals surface area contributed by atoms with E-state index in [0.717, 1.165) is 37.9 Å². The van der Waals surface area contributed by atoms with Crippen LogP contribution >= 0.6 is 0 Å². The number of carbonyl (C=O) groups excluding carboxylic acids is 4. The number of benzene rings is 1. The van der Waals surface area contributed by atoms with Crippen molar-refractivity contribution in [2.75, 3.05) is 57.3 Å². The van der Waals surface area contributed by atoms with Crippen LogP contribution in [0.5, 0.6) is 0 Å². The average molecular weight is 521 g/mol. The summed E-state index contributed by atoms with van der Waals surface area (Å²) in [6.07, 6.45) is 4.76. The number of rotatable bonds is 5. The lowest BCUT2D eigenvalue weighted by Crippen LogP contribution is -2.53. The second kappa shape index (κ2) is 10.2. The average Bonchev–Trinajstić information content (AvgIpc) is 3.73. The lowest BCUT2D eigenvalue weighted by atomic mass is 9.94. The first-order valence-electron chi connectivity index (χ1n) is 13.5. The van der Waals surface area contributed by atoms with Gasteiger partial charge < -0.3 is 23.9 Å². The molecule has 3 fully saturated rings. The summed E-state index contributed by atoms with van der Waals surface area (Å²) >= 11 is 0. The standard InChI is InChI=1S/C28H32N4O6/c33-25(29-11-13-30(14-12-29)27(35)23-9-4-16-38-23)19-5-2-10-31(17-19)22-8-1-7-21-24(22)28(36)32(26(21)34)18-20-6-3-15-37-20/h1,4,7-9,16,19-20H,2-3,5-6,10-15,17-18H2/t19-,20+/m1/s1. The highest BCUT2D eigenvalue weighted by atomic mass is 16.5. The van der Waals surface area contributed by atoms with E-state index in [1.165, 1.54) is 11.2 Å². The number of hydrogen-bond donors (Lipinski definition) is 0. The first-order valence-corrected chi connectivity index (χ1v) is 13.5. The number of anilines is 1. The van der Waals surface area contributed by atoms with Gasteiger partial charge in [0.1, 0.15) is 0 Å². The van der Waals surface area contributed by atoms with Gasteiger partial charge in [-0.1, -0.05) is 6.07 Å². The van der Waals surface area contributed by atoms with Crippen LogP contribution in [-0.2, 0) is 9.53 Å². The van der Waals surface area contributed by atoms with Gasteiger partial charge in [-0.2, -0.15) is 0 Å². The van der Waals surface area contributed by atoms with E-state index in [1.54, 1.807) is 23.1 Å². The molecule has 6 rings (SSSR count). The first kappa shape index (κ1) is 24.7. The summed E-state index contributed by atoms with van der Waals surface area (Å²) in [4.78, 5) is 59.5. The van der Waals surface area contributed by atoms with E-state index in [9.17, 15) is 19.2 Å². The second-order valence-corrected chi connectivity index (χ2v) is 10.4. The van der Waals surface area contributed by atoms with Gasteiger partial charge in [0.05, 0.1) is 41.6 Å². The smallest absolute Gasteiger partial charge is 0.289 e. The van der Waals surface area contributed by atoms with Crippen molar-refractivity contribution in [1.82, 2.24) is 14.7 Å².